The fraction of sp³-hybridized carbons (Fsp3) is 0.511. The minimum atomic E-state index is -0.718. The van der Waals surface area contributed by atoms with Crippen molar-refractivity contribution < 1.29 is 28.3 Å². The van der Waals surface area contributed by atoms with E-state index in [9.17, 15) is 19.2 Å². The molecule has 2 aromatic carbocycles. The first-order valence-electron chi connectivity index (χ1n) is 20.7. The smallest absolute Gasteiger partial charge is 0.255 e. The molecule has 5 heterocycles. The summed E-state index contributed by atoms with van der Waals surface area (Å²) in [6.07, 6.45) is 5.66. The van der Waals surface area contributed by atoms with Gasteiger partial charge in [0.2, 0.25) is 17.5 Å². The molecule has 3 aromatic rings. The average molecular weight is 824 g/mol. The number of piperidine rings is 3. The predicted octanol–water partition coefficient (Wildman–Crippen LogP) is 6.89. The number of pyridine rings is 1. The minimum Gasteiger partial charge on any atom is -0.489 e. The maximum absolute atomic E-state index is 15.5. The lowest BCUT2D eigenvalue weighted by Gasteiger charge is -2.63. The molecule has 0 spiro atoms. The number of carbonyl (C=O) groups is 4. The summed E-state index contributed by atoms with van der Waals surface area (Å²) in [7, 11) is 0. The SMILES string of the molecule is [C-]#[N+]c1ccc(OC2C(C)(C)C(NC(=O)c3ccc(N4CCC(CN5CCC(c6cc7c(cc6F)C(=O)N(C6CCC(=O)NC6=O)C7)CC5)CC4)nc3)C2(C)C)cc1Cl. The lowest BCUT2D eigenvalue weighted by molar-refractivity contribution is -0.164. The number of anilines is 1. The first-order chi connectivity index (χ1) is 28.1. The van der Waals surface area contributed by atoms with Crippen LogP contribution in [0.3, 0.4) is 0 Å². The highest BCUT2D eigenvalue weighted by molar-refractivity contribution is 6.33. The molecule has 310 valence electrons. The molecular weight excluding hydrogens is 773 g/mol. The van der Waals surface area contributed by atoms with Gasteiger partial charge in [0.15, 0.2) is 0 Å². The fourth-order valence-corrected chi connectivity index (χ4v) is 10.8. The van der Waals surface area contributed by atoms with Crippen molar-refractivity contribution in [3.63, 3.8) is 0 Å². The van der Waals surface area contributed by atoms with E-state index in [0.29, 0.717) is 39.1 Å². The summed E-state index contributed by atoms with van der Waals surface area (Å²) < 4.78 is 21.9. The molecule has 3 saturated heterocycles. The van der Waals surface area contributed by atoms with Crippen molar-refractivity contribution >= 4 is 46.7 Å². The van der Waals surface area contributed by atoms with Crippen LogP contribution < -0.4 is 20.3 Å². The van der Waals surface area contributed by atoms with Gasteiger partial charge in [-0.15, -0.1) is 0 Å². The zero-order chi connectivity index (χ0) is 41.8. The Bertz CT molecular complexity index is 2190. The lowest BCUT2D eigenvalue weighted by Crippen LogP contribution is -2.74. The number of amides is 4. The molecule has 59 heavy (non-hydrogen) atoms. The number of halogens is 2. The van der Waals surface area contributed by atoms with Crippen molar-refractivity contribution in [2.24, 2.45) is 16.7 Å². The molecular formula is C45H51ClFN7O5. The van der Waals surface area contributed by atoms with Gasteiger partial charge in [0.1, 0.15) is 29.5 Å². The third-order valence-electron chi connectivity index (χ3n) is 13.5. The highest BCUT2D eigenvalue weighted by Gasteiger charge is 2.64. The topological polar surface area (TPSA) is 129 Å². The summed E-state index contributed by atoms with van der Waals surface area (Å²) >= 11 is 6.26. The van der Waals surface area contributed by atoms with E-state index in [4.69, 9.17) is 27.9 Å². The van der Waals surface area contributed by atoms with Crippen LogP contribution in [-0.4, -0.2) is 89.3 Å². The van der Waals surface area contributed by atoms with E-state index in [1.807, 2.05) is 18.2 Å². The van der Waals surface area contributed by atoms with Gasteiger partial charge < -0.3 is 24.8 Å². The summed E-state index contributed by atoms with van der Waals surface area (Å²) in [5.41, 5.74) is 1.85. The zero-order valence-corrected chi connectivity index (χ0v) is 34.8. The number of hydrogen-bond donors (Lipinski definition) is 2. The Hall–Kier alpha value is -5.06. The molecule has 5 aliphatic rings. The minimum absolute atomic E-state index is 0.0628. The molecule has 12 nitrogen and oxygen atoms in total. The number of hydrogen-bond acceptors (Lipinski definition) is 8. The Labute approximate surface area is 349 Å². The highest BCUT2D eigenvalue weighted by Crippen LogP contribution is 2.56. The van der Waals surface area contributed by atoms with Gasteiger partial charge in [0.05, 0.1) is 17.2 Å². The monoisotopic (exact) mass is 823 g/mol. The van der Waals surface area contributed by atoms with Crippen LogP contribution in [0.5, 0.6) is 5.75 Å². The summed E-state index contributed by atoms with van der Waals surface area (Å²) in [4.78, 5) is 65.0. The molecule has 0 bridgehead atoms. The maximum atomic E-state index is 15.5. The number of ether oxygens (including phenoxy) is 1. The third-order valence-corrected chi connectivity index (χ3v) is 13.8. The zero-order valence-electron chi connectivity index (χ0n) is 34.0. The second-order valence-corrected chi connectivity index (χ2v) is 18.5. The Morgan fingerprint density at radius 3 is 2.37 bits per heavy atom. The molecule has 1 aromatic heterocycles. The average Bonchev–Trinajstić information content (AvgIpc) is 3.53. The quantitative estimate of drug-likeness (QED) is 0.177. The van der Waals surface area contributed by atoms with Gasteiger partial charge in [-0.25, -0.2) is 14.2 Å². The Morgan fingerprint density at radius 2 is 1.73 bits per heavy atom. The fourth-order valence-electron chi connectivity index (χ4n) is 10.6. The molecule has 4 aliphatic heterocycles. The third kappa shape index (κ3) is 7.77. The Balaban J connectivity index is 0.791. The molecule has 1 aliphatic carbocycles. The van der Waals surface area contributed by atoms with Gasteiger partial charge in [-0.3, -0.25) is 24.5 Å². The largest absolute Gasteiger partial charge is 0.489 e. The van der Waals surface area contributed by atoms with Crippen LogP contribution >= 0.6 is 11.6 Å². The van der Waals surface area contributed by atoms with Gasteiger partial charge in [0, 0.05) is 61.2 Å². The number of benzene rings is 2. The number of nitrogens with one attached hydrogen (secondary N) is 2. The Morgan fingerprint density at radius 1 is 1.00 bits per heavy atom. The second-order valence-electron chi connectivity index (χ2n) is 18.1. The van der Waals surface area contributed by atoms with Gasteiger partial charge in [-0.2, -0.15) is 0 Å². The molecule has 8 rings (SSSR count). The van der Waals surface area contributed by atoms with Gasteiger partial charge in [-0.1, -0.05) is 51.4 Å². The number of aromatic nitrogens is 1. The van der Waals surface area contributed by atoms with E-state index in [2.05, 4.69) is 53.0 Å². The normalized spacial score (nSPS) is 24.6. The van der Waals surface area contributed by atoms with Gasteiger partial charge in [-0.05, 0) is 98.5 Å². The highest BCUT2D eigenvalue weighted by atomic mass is 35.5. The van der Waals surface area contributed by atoms with Crippen LogP contribution in [0.4, 0.5) is 15.9 Å². The number of imide groups is 1. The number of fused-ring (bicyclic) bond motifs is 1. The summed E-state index contributed by atoms with van der Waals surface area (Å²) in [5, 5.41) is 5.92. The first-order valence-corrected chi connectivity index (χ1v) is 21.1. The standard InChI is InChI=1S/C45H51ClFN7O5/c1-44(2)42(45(3,4)43(44)59-30-7-8-35(48-5)33(46)21-30)51-39(56)28-6-10-37(49-23-28)53-18-12-26(13-19-53)24-52-16-14-27(15-17-52)31-20-29-25-54(41(58)32(29)22-34(31)47)36-9-11-38(55)50-40(36)57/h6-8,10,20-23,26-27,36,42-43H,9,11-19,24-25H2,1-4H3,(H,51,56)(H,50,55,57). The molecule has 0 radical (unpaired) electrons. The van der Waals surface area contributed by atoms with E-state index < -0.39 is 11.9 Å². The van der Waals surface area contributed by atoms with Crippen molar-refractivity contribution in [1.82, 2.24) is 25.4 Å². The molecule has 14 heteroatoms. The summed E-state index contributed by atoms with van der Waals surface area (Å²) in [6.45, 7) is 20.3. The van der Waals surface area contributed by atoms with E-state index >= 15 is 4.39 Å². The van der Waals surface area contributed by atoms with E-state index in [1.54, 1.807) is 24.4 Å². The van der Waals surface area contributed by atoms with E-state index in [-0.39, 0.29) is 71.8 Å². The van der Waals surface area contributed by atoms with Gasteiger partial charge >= 0.3 is 0 Å². The van der Waals surface area contributed by atoms with Crippen molar-refractivity contribution in [3.8, 4) is 5.75 Å². The van der Waals surface area contributed by atoms with Crippen molar-refractivity contribution in [2.75, 3.05) is 37.6 Å². The van der Waals surface area contributed by atoms with Crippen LogP contribution in [0.1, 0.15) is 104 Å². The lowest BCUT2D eigenvalue weighted by atomic mass is 9.49. The summed E-state index contributed by atoms with van der Waals surface area (Å²) in [5.74, 6) is 0.364. The van der Waals surface area contributed by atoms with Crippen molar-refractivity contribution in [2.45, 2.75) is 96.9 Å². The Kier molecular flexibility index (Phi) is 10.9. The van der Waals surface area contributed by atoms with E-state index in [0.717, 1.165) is 69.8 Å². The van der Waals surface area contributed by atoms with E-state index in [1.165, 1.54) is 11.0 Å². The predicted molar refractivity (Wildman–Crippen MR) is 221 cm³/mol. The van der Waals surface area contributed by atoms with Crippen molar-refractivity contribution in [3.05, 3.63) is 93.2 Å². The summed E-state index contributed by atoms with van der Waals surface area (Å²) in [6, 6.07) is 11.2. The van der Waals surface area contributed by atoms with Gasteiger partial charge in [0.25, 0.3) is 11.8 Å². The van der Waals surface area contributed by atoms with Crippen molar-refractivity contribution in [1.29, 1.82) is 0 Å². The van der Waals surface area contributed by atoms with Crippen LogP contribution in [-0.2, 0) is 16.1 Å². The number of likely N-dealkylation sites (tertiary alicyclic amines) is 1. The number of carbonyl (C=O) groups excluding carboxylic acids is 4. The number of nitrogens with zero attached hydrogens (tertiary/aromatic N) is 5. The molecule has 4 amide bonds. The van der Waals surface area contributed by atoms with Crippen LogP contribution in [0, 0.1) is 29.1 Å². The molecule has 4 fully saturated rings. The molecule has 1 unspecified atom stereocenters. The first kappa shape index (κ1) is 40.7. The van der Waals surface area contributed by atoms with Crippen LogP contribution in [0.25, 0.3) is 4.85 Å². The molecule has 1 atom stereocenters. The molecule has 1 saturated carbocycles. The van der Waals surface area contributed by atoms with Crippen LogP contribution in [0.2, 0.25) is 5.02 Å². The maximum Gasteiger partial charge on any atom is 0.255 e. The molecule has 2 N–H and O–H groups in total. The number of rotatable bonds is 9. The second kappa shape index (κ2) is 15.8. The van der Waals surface area contributed by atoms with Crippen LogP contribution in [0.15, 0.2) is 48.7 Å².